The molecule has 0 N–H and O–H groups in total. The summed E-state index contributed by atoms with van der Waals surface area (Å²) in [5, 5.41) is 0. The van der Waals surface area contributed by atoms with Crippen molar-refractivity contribution in [2.45, 2.75) is 32.7 Å². The minimum absolute atomic E-state index is 0.0507. The zero-order valence-electron chi connectivity index (χ0n) is 14.1. The van der Waals surface area contributed by atoms with Gasteiger partial charge in [-0.15, -0.1) is 0 Å². The van der Waals surface area contributed by atoms with Gasteiger partial charge in [-0.3, -0.25) is 9.59 Å². The van der Waals surface area contributed by atoms with E-state index in [0.29, 0.717) is 11.1 Å². The van der Waals surface area contributed by atoms with Gasteiger partial charge in [-0.25, -0.2) is 4.39 Å². The van der Waals surface area contributed by atoms with E-state index < -0.39 is 0 Å². The Morgan fingerprint density at radius 3 is 2.29 bits per heavy atom. The first-order valence-corrected chi connectivity index (χ1v) is 8.10. The average Bonchev–Trinajstić information content (AvgIpc) is 2.61. The Morgan fingerprint density at radius 1 is 1.00 bits per heavy atom. The van der Waals surface area contributed by atoms with Crippen molar-refractivity contribution in [2.24, 2.45) is 0 Å². The topological polar surface area (TPSA) is 37.4 Å². The van der Waals surface area contributed by atoms with Crippen molar-refractivity contribution in [2.75, 3.05) is 7.05 Å². The molecule has 0 heterocycles. The summed E-state index contributed by atoms with van der Waals surface area (Å²) in [6.07, 6.45) is 1.21. The van der Waals surface area contributed by atoms with Gasteiger partial charge in [-0.05, 0) is 18.1 Å². The molecule has 1 amide bonds. The van der Waals surface area contributed by atoms with E-state index in [1.54, 1.807) is 37.4 Å². The minimum atomic E-state index is -0.329. The lowest BCUT2D eigenvalue weighted by Crippen LogP contribution is -2.27. The van der Waals surface area contributed by atoms with E-state index in [9.17, 15) is 14.0 Å². The predicted octanol–water partition coefficient (Wildman–Crippen LogP) is 4.01. The average molecular weight is 327 g/mol. The van der Waals surface area contributed by atoms with Crippen LogP contribution in [-0.4, -0.2) is 23.6 Å². The lowest BCUT2D eigenvalue weighted by molar-refractivity contribution is -0.130. The number of nitrogens with zero attached hydrogens (tertiary/aromatic N) is 1. The SMILES string of the molecule is CCc1ccc(C(=O)CCC(=O)N(C)Cc2ccccc2F)cc1. The molecular formula is C20H22FNO2. The number of benzene rings is 2. The van der Waals surface area contributed by atoms with Gasteiger partial charge in [0.1, 0.15) is 5.82 Å². The maximum absolute atomic E-state index is 13.6. The van der Waals surface area contributed by atoms with Gasteiger partial charge in [-0.1, -0.05) is 49.4 Å². The Bertz CT molecular complexity index is 710. The van der Waals surface area contributed by atoms with Crippen LogP contribution >= 0.6 is 0 Å². The Hall–Kier alpha value is -2.49. The molecule has 0 aliphatic rings. The van der Waals surface area contributed by atoms with Gasteiger partial charge in [-0.2, -0.15) is 0 Å². The van der Waals surface area contributed by atoms with Crippen LogP contribution in [0.15, 0.2) is 48.5 Å². The molecule has 0 atom stereocenters. The van der Waals surface area contributed by atoms with Crippen LogP contribution in [0.2, 0.25) is 0 Å². The molecule has 4 heteroatoms. The van der Waals surface area contributed by atoms with Gasteiger partial charge in [0.05, 0.1) is 0 Å². The second-order valence-corrected chi connectivity index (χ2v) is 5.81. The number of carbonyl (C=O) groups is 2. The molecule has 0 spiro atoms. The van der Waals surface area contributed by atoms with E-state index in [1.165, 1.54) is 16.5 Å². The largest absolute Gasteiger partial charge is 0.341 e. The second kappa shape index (κ2) is 8.39. The lowest BCUT2D eigenvalue weighted by Gasteiger charge is -2.17. The Morgan fingerprint density at radius 2 is 1.67 bits per heavy atom. The molecule has 0 unspecified atom stereocenters. The molecule has 2 rings (SSSR count). The molecular weight excluding hydrogens is 305 g/mol. The maximum atomic E-state index is 13.6. The minimum Gasteiger partial charge on any atom is -0.341 e. The van der Waals surface area contributed by atoms with Crippen molar-refractivity contribution in [3.63, 3.8) is 0 Å². The number of Topliss-reactive ketones (excluding diaryl/α,β-unsaturated/α-hetero) is 1. The van der Waals surface area contributed by atoms with E-state index in [2.05, 4.69) is 6.92 Å². The van der Waals surface area contributed by atoms with Gasteiger partial charge in [0.25, 0.3) is 0 Å². The molecule has 24 heavy (non-hydrogen) atoms. The Kier molecular flexibility index (Phi) is 6.24. The summed E-state index contributed by atoms with van der Waals surface area (Å²) in [5.41, 5.74) is 2.26. The van der Waals surface area contributed by atoms with Crippen molar-refractivity contribution >= 4 is 11.7 Å². The first kappa shape index (κ1) is 17.9. The third-order valence-electron chi connectivity index (χ3n) is 4.04. The molecule has 0 saturated carbocycles. The van der Waals surface area contributed by atoms with Gasteiger partial charge in [0.2, 0.25) is 5.91 Å². The number of rotatable bonds is 7. The smallest absolute Gasteiger partial charge is 0.223 e. The van der Waals surface area contributed by atoms with Crippen LogP contribution in [0.25, 0.3) is 0 Å². The zero-order chi connectivity index (χ0) is 17.5. The van der Waals surface area contributed by atoms with Crippen LogP contribution in [0.5, 0.6) is 0 Å². The summed E-state index contributed by atoms with van der Waals surface area (Å²) in [7, 11) is 1.62. The molecule has 0 saturated heterocycles. The normalized spacial score (nSPS) is 10.5. The van der Waals surface area contributed by atoms with Gasteiger partial charge in [0, 0.05) is 37.6 Å². The summed E-state index contributed by atoms with van der Waals surface area (Å²) in [6.45, 7) is 2.26. The van der Waals surface area contributed by atoms with Crippen molar-refractivity contribution in [1.29, 1.82) is 0 Å². The second-order valence-electron chi connectivity index (χ2n) is 5.81. The van der Waals surface area contributed by atoms with Crippen molar-refractivity contribution in [1.82, 2.24) is 4.90 Å². The Balaban J connectivity index is 1.87. The summed E-state index contributed by atoms with van der Waals surface area (Å²) in [4.78, 5) is 25.7. The van der Waals surface area contributed by atoms with Crippen LogP contribution in [0.1, 0.15) is 41.3 Å². The molecule has 0 radical (unpaired) electrons. The zero-order valence-corrected chi connectivity index (χ0v) is 14.1. The molecule has 0 bridgehead atoms. The Labute approximate surface area is 142 Å². The number of hydrogen-bond acceptors (Lipinski definition) is 2. The van der Waals surface area contributed by atoms with Crippen LogP contribution in [0.4, 0.5) is 4.39 Å². The highest BCUT2D eigenvalue weighted by molar-refractivity contribution is 5.97. The first-order valence-electron chi connectivity index (χ1n) is 8.10. The van der Waals surface area contributed by atoms with Crippen molar-refractivity contribution < 1.29 is 14.0 Å². The van der Waals surface area contributed by atoms with Crippen LogP contribution in [0, 0.1) is 5.82 Å². The van der Waals surface area contributed by atoms with E-state index >= 15 is 0 Å². The van der Waals surface area contributed by atoms with Gasteiger partial charge < -0.3 is 4.90 Å². The fourth-order valence-electron chi connectivity index (χ4n) is 2.45. The maximum Gasteiger partial charge on any atom is 0.223 e. The summed E-state index contributed by atoms with van der Waals surface area (Å²) in [5.74, 6) is -0.550. The standard InChI is InChI=1S/C20H22FNO2/c1-3-15-8-10-16(11-9-15)19(23)12-13-20(24)22(2)14-17-6-4-5-7-18(17)21/h4-11H,3,12-14H2,1-2H3. The van der Waals surface area contributed by atoms with Crippen LogP contribution in [0.3, 0.4) is 0 Å². The molecule has 0 aliphatic carbocycles. The molecule has 0 fully saturated rings. The van der Waals surface area contributed by atoms with Gasteiger partial charge in [0.15, 0.2) is 5.78 Å². The molecule has 0 aliphatic heterocycles. The summed E-state index contributed by atoms with van der Waals surface area (Å²) >= 11 is 0. The quantitative estimate of drug-likeness (QED) is 0.721. The number of carbonyl (C=O) groups excluding carboxylic acids is 2. The molecule has 126 valence electrons. The summed E-state index contributed by atoms with van der Waals surface area (Å²) < 4.78 is 13.6. The van der Waals surface area contributed by atoms with Crippen LogP contribution in [-0.2, 0) is 17.8 Å². The highest BCUT2D eigenvalue weighted by Gasteiger charge is 2.14. The van der Waals surface area contributed by atoms with Crippen molar-refractivity contribution in [3.8, 4) is 0 Å². The highest BCUT2D eigenvalue weighted by atomic mass is 19.1. The number of amides is 1. The predicted molar refractivity (Wildman–Crippen MR) is 92.3 cm³/mol. The fourth-order valence-corrected chi connectivity index (χ4v) is 2.45. The number of hydrogen-bond donors (Lipinski definition) is 0. The number of aryl methyl sites for hydroxylation is 1. The van der Waals surface area contributed by atoms with E-state index in [0.717, 1.165) is 6.42 Å². The van der Waals surface area contributed by atoms with Gasteiger partial charge >= 0.3 is 0 Å². The van der Waals surface area contributed by atoms with Crippen molar-refractivity contribution in [3.05, 3.63) is 71.0 Å². The molecule has 0 aromatic heterocycles. The molecule has 2 aromatic rings. The molecule has 2 aromatic carbocycles. The first-order chi connectivity index (χ1) is 11.5. The number of halogens is 1. The summed E-state index contributed by atoms with van der Waals surface area (Å²) in [6, 6.07) is 13.8. The van der Waals surface area contributed by atoms with Crippen LogP contribution < -0.4 is 0 Å². The van der Waals surface area contributed by atoms with E-state index in [-0.39, 0.29) is 36.9 Å². The lowest BCUT2D eigenvalue weighted by atomic mass is 10.0. The third-order valence-corrected chi connectivity index (χ3v) is 4.04. The monoisotopic (exact) mass is 327 g/mol. The van der Waals surface area contributed by atoms with E-state index in [4.69, 9.17) is 0 Å². The number of ketones is 1. The molecule has 3 nitrogen and oxygen atoms in total. The third kappa shape index (κ3) is 4.75. The van der Waals surface area contributed by atoms with E-state index in [1.807, 2.05) is 12.1 Å². The highest BCUT2D eigenvalue weighted by Crippen LogP contribution is 2.12. The fraction of sp³-hybridized carbons (Fsp3) is 0.300.